The van der Waals surface area contributed by atoms with Crippen LogP contribution in [0.4, 0.5) is 34.1 Å². The van der Waals surface area contributed by atoms with Gasteiger partial charge >= 0.3 is 25.4 Å². The first-order valence-electron chi connectivity index (χ1n) is 23.6. The van der Waals surface area contributed by atoms with Gasteiger partial charge in [0.2, 0.25) is 0 Å². The van der Waals surface area contributed by atoms with Gasteiger partial charge in [0.25, 0.3) is 6.47 Å². The van der Waals surface area contributed by atoms with E-state index >= 15 is 0 Å². The number of fused-ring (bicyclic) bond motifs is 8. The standard InChI is InChI=1S/C62H47N6O4.Zn/c1-38-5-19-45(20-6-38)67(46-21-7-39(2)8-22-46)60-54-33-31-52(64-54)58(42-13-15-44(16-14-42)62(70)71)50-29-30-51(63-50)59(43-17-27-49(28-18-43)72-37-69)53-32-34-55(65-53)61(57-36-35-56(60)66-57)68(47-23-9-40(3)10-24-47)48-25-11-41(4)12-26-48;/h5-37H,1-4H3,(H2-,63,64,65,66,70,71);/q-1;+2/p-1. The Morgan fingerprint density at radius 1 is 0.452 bits per heavy atom. The molecule has 0 unspecified atom stereocenters. The summed E-state index contributed by atoms with van der Waals surface area (Å²) in [6.07, 6.45) is 8.04. The number of carboxylic acids is 1. The molecule has 3 aromatic heterocycles. The first kappa shape index (κ1) is 47.7. The molecule has 0 saturated heterocycles. The van der Waals surface area contributed by atoms with E-state index in [-0.39, 0.29) is 25.0 Å². The predicted octanol–water partition coefficient (Wildman–Crippen LogP) is 14.7. The average Bonchev–Trinajstić information content (AvgIpc) is 4.25. The van der Waals surface area contributed by atoms with Crippen molar-refractivity contribution in [3.63, 3.8) is 0 Å². The number of ether oxygens (including phenoxy) is 1. The van der Waals surface area contributed by atoms with Crippen molar-refractivity contribution in [2.45, 2.75) is 27.7 Å². The Hall–Kier alpha value is -8.92. The summed E-state index contributed by atoms with van der Waals surface area (Å²) < 4.78 is 5.21. The molecule has 350 valence electrons. The average molecular weight is 1000 g/mol. The number of benzene rings is 6. The molecule has 5 heterocycles. The smallest absolute Gasteiger partial charge is 0.657 e. The molecule has 1 N–H and O–H groups in total. The third-order valence-electron chi connectivity index (χ3n) is 12.9. The number of aromatic carboxylic acids is 1. The third kappa shape index (κ3) is 9.42. The molecule has 0 aliphatic carbocycles. The van der Waals surface area contributed by atoms with E-state index in [0.29, 0.717) is 62.6 Å². The zero-order valence-electron chi connectivity index (χ0n) is 40.6. The minimum Gasteiger partial charge on any atom is -0.657 e. The van der Waals surface area contributed by atoms with E-state index in [1.54, 1.807) is 36.4 Å². The van der Waals surface area contributed by atoms with Gasteiger partial charge in [0.15, 0.2) is 0 Å². The summed E-state index contributed by atoms with van der Waals surface area (Å²) in [5.41, 5.74) is 18.0. The summed E-state index contributed by atoms with van der Waals surface area (Å²) in [7, 11) is 0. The maximum Gasteiger partial charge on any atom is 2.00 e. The van der Waals surface area contributed by atoms with Gasteiger partial charge in [-0.05, 0) is 147 Å². The minimum atomic E-state index is -1.02. The van der Waals surface area contributed by atoms with Crippen molar-refractivity contribution >= 4 is 92.9 Å². The van der Waals surface area contributed by atoms with Crippen LogP contribution in [0, 0.1) is 27.7 Å². The number of nitrogens with zero attached hydrogens (tertiary/aromatic N) is 6. The Morgan fingerprint density at radius 3 is 1.14 bits per heavy atom. The number of hydrogen-bond acceptors (Lipinski definition) is 7. The second-order valence-electron chi connectivity index (χ2n) is 17.9. The first-order chi connectivity index (χ1) is 35.1. The molecule has 0 saturated carbocycles. The Morgan fingerprint density at radius 2 is 0.781 bits per heavy atom. The molecule has 0 fully saturated rings. The molecule has 2 aliphatic heterocycles. The summed E-state index contributed by atoms with van der Waals surface area (Å²) in [5, 5.41) is 9.91. The Bertz CT molecular complexity index is 3690. The van der Waals surface area contributed by atoms with E-state index < -0.39 is 5.97 Å². The van der Waals surface area contributed by atoms with E-state index in [1.165, 1.54) is 0 Å². The Kier molecular flexibility index (Phi) is 13.1. The molecule has 11 rings (SSSR count). The van der Waals surface area contributed by atoms with E-state index in [9.17, 15) is 14.7 Å². The maximum absolute atomic E-state index is 12.1. The van der Waals surface area contributed by atoms with Gasteiger partial charge in [0.05, 0.1) is 39.7 Å². The summed E-state index contributed by atoms with van der Waals surface area (Å²) >= 11 is 0. The Labute approximate surface area is 435 Å². The number of hydrogen-bond donors (Lipinski definition) is 1. The number of carbonyl (C=O) groups is 2. The quantitative estimate of drug-likeness (QED) is 0.0989. The number of rotatable bonds is 11. The second kappa shape index (κ2) is 20.1. The second-order valence-corrected chi connectivity index (χ2v) is 17.9. The van der Waals surface area contributed by atoms with Crippen molar-refractivity contribution in [1.82, 2.24) is 19.9 Å². The van der Waals surface area contributed by atoms with Gasteiger partial charge in [0, 0.05) is 22.7 Å². The monoisotopic (exact) mass is 1000 g/mol. The molecule has 11 heteroatoms. The molecular formula is C62H46N6O4Zn. The first-order valence-corrected chi connectivity index (χ1v) is 23.6. The number of anilines is 6. The SMILES string of the molecule is Cc1ccc(N(c2ccc(C)cc2)c2c3nc(c(-c4ccc(OC=O)cc4)c4ccc([n-]4)c(-c4ccc(C(=O)O)cc4)c4nc(c(N(c5ccc(C)cc5)c5ccc(C)cc5)c5ccc2[n-]5)C=C4)C=C3)cc1.[Zn+2]. The van der Waals surface area contributed by atoms with Gasteiger partial charge in [-0.3, -0.25) is 4.79 Å². The van der Waals surface area contributed by atoms with Crippen LogP contribution < -0.4 is 24.5 Å². The summed E-state index contributed by atoms with van der Waals surface area (Å²) in [5.74, 6) is -0.625. The van der Waals surface area contributed by atoms with Crippen LogP contribution >= 0.6 is 0 Å². The number of carboxylic acid groups (broad SMARTS) is 1. The van der Waals surface area contributed by atoms with E-state index in [2.05, 4.69) is 147 Å². The van der Waals surface area contributed by atoms with Crippen LogP contribution in [0.25, 0.3) is 68.6 Å². The van der Waals surface area contributed by atoms with E-state index in [1.807, 2.05) is 48.6 Å². The van der Waals surface area contributed by atoms with Gasteiger partial charge in [-0.15, -0.1) is 22.1 Å². The number of aryl methyl sites for hydroxylation is 4. The van der Waals surface area contributed by atoms with Gasteiger partial charge in [-0.1, -0.05) is 119 Å². The molecular weight excluding hydrogens is 958 g/mol. The van der Waals surface area contributed by atoms with Crippen LogP contribution in [-0.2, 0) is 24.3 Å². The fourth-order valence-electron chi connectivity index (χ4n) is 9.23. The Balaban J connectivity index is 0.00000611. The maximum atomic E-state index is 12.1. The zero-order chi connectivity index (χ0) is 49.5. The molecule has 6 aromatic carbocycles. The van der Waals surface area contributed by atoms with Crippen molar-refractivity contribution in [1.29, 1.82) is 0 Å². The molecule has 73 heavy (non-hydrogen) atoms. The minimum absolute atomic E-state index is 0. The number of carbonyl (C=O) groups excluding carboxylic acids is 1. The fourth-order valence-corrected chi connectivity index (χ4v) is 9.23. The largest absolute Gasteiger partial charge is 2.00 e. The van der Waals surface area contributed by atoms with Crippen molar-refractivity contribution in [2.24, 2.45) is 0 Å². The van der Waals surface area contributed by atoms with Gasteiger partial charge in [-0.2, -0.15) is 0 Å². The van der Waals surface area contributed by atoms with Crippen LogP contribution in [0.3, 0.4) is 0 Å². The fraction of sp³-hybridized carbons (Fsp3) is 0.0645. The molecule has 0 atom stereocenters. The van der Waals surface area contributed by atoms with Crippen molar-refractivity contribution < 1.29 is 38.9 Å². The molecule has 0 spiro atoms. The van der Waals surface area contributed by atoms with Crippen molar-refractivity contribution in [3.8, 4) is 28.0 Å². The van der Waals surface area contributed by atoms with Crippen LogP contribution in [-0.4, -0.2) is 27.5 Å². The molecule has 2 aliphatic rings. The molecule has 0 amide bonds. The summed E-state index contributed by atoms with van der Waals surface area (Å²) in [6.45, 7) is 8.73. The summed E-state index contributed by atoms with van der Waals surface area (Å²) in [4.78, 5) is 49.9. The topological polar surface area (TPSA) is 124 Å². The van der Waals surface area contributed by atoms with Crippen LogP contribution in [0.15, 0.2) is 170 Å². The third-order valence-corrected chi connectivity index (χ3v) is 12.9. The molecule has 9 aromatic rings. The van der Waals surface area contributed by atoms with Crippen LogP contribution in [0.2, 0.25) is 0 Å². The molecule has 10 nitrogen and oxygen atoms in total. The van der Waals surface area contributed by atoms with Crippen molar-refractivity contribution in [3.05, 3.63) is 220 Å². The zero-order valence-corrected chi connectivity index (χ0v) is 43.6. The van der Waals surface area contributed by atoms with Crippen LogP contribution in [0.5, 0.6) is 5.75 Å². The van der Waals surface area contributed by atoms with Crippen LogP contribution in [0.1, 0.15) is 55.4 Å². The van der Waals surface area contributed by atoms with Crippen molar-refractivity contribution in [2.75, 3.05) is 9.80 Å². The number of aromatic nitrogens is 4. The summed E-state index contributed by atoms with van der Waals surface area (Å²) in [6, 6.07) is 55.9. The van der Waals surface area contributed by atoms with Gasteiger partial charge in [-0.25, -0.2) is 14.8 Å². The normalized spacial score (nSPS) is 11.5. The van der Waals surface area contributed by atoms with Gasteiger partial charge < -0.3 is 29.6 Å². The van der Waals surface area contributed by atoms with E-state index in [4.69, 9.17) is 24.7 Å². The molecule has 8 bridgehead atoms. The predicted molar refractivity (Wildman–Crippen MR) is 290 cm³/mol. The van der Waals surface area contributed by atoms with Gasteiger partial charge in [0.1, 0.15) is 5.75 Å². The molecule has 0 radical (unpaired) electrons. The van der Waals surface area contributed by atoms with E-state index in [0.717, 1.165) is 73.1 Å².